The minimum absolute atomic E-state index is 0.232. The van der Waals surface area contributed by atoms with Crippen molar-refractivity contribution >= 4 is 6.09 Å². The molecule has 1 fully saturated rings. The van der Waals surface area contributed by atoms with E-state index in [1.807, 2.05) is 6.07 Å². The van der Waals surface area contributed by atoms with Crippen molar-refractivity contribution < 1.29 is 14.4 Å². The quantitative estimate of drug-likeness (QED) is 0.805. The second-order valence-electron chi connectivity index (χ2n) is 7.38. The van der Waals surface area contributed by atoms with Crippen molar-refractivity contribution in [2.24, 2.45) is 5.92 Å². The topological polar surface area (TPSA) is 49.3 Å². The molecule has 1 aliphatic rings. The van der Waals surface area contributed by atoms with Crippen molar-refractivity contribution in [3.63, 3.8) is 0 Å². The SMILES string of the molecule is CC(C)C[N+]1(C(=O)O)CCC[C@H](N[C@H](C)c2ccccc2)CC1. The molecule has 3 atom stereocenters. The van der Waals surface area contributed by atoms with Gasteiger partial charge in [0.1, 0.15) is 0 Å². The van der Waals surface area contributed by atoms with Crippen LogP contribution in [0, 0.1) is 5.92 Å². The van der Waals surface area contributed by atoms with Crippen LogP contribution in [0.5, 0.6) is 0 Å². The average Bonchev–Trinajstić information content (AvgIpc) is 2.71. The molecule has 4 nitrogen and oxygen atoms in total. The van der Waals surface area contributed by atoms with Gasteiger partial charge in [0, 0.05) is 24.4 Å². The number of carbonyl (C=O) groups is 1. The Labute approximate surface area is 140 Å². The van der Waals surface area contributed by atoms with E-state index in [0.29, 0.717) is 18.0 Å². The number of nitrogens with zero attached hydrogens (tertiary/aromatic N) is 1. The standard InChI is InChI=1S/C19H30N2O2/c1-15(2)14-21(19(22)23)12-7-10-18(11-13-21)20-16(3)17-8-5-4-6-9-17/h4-6,8-9,15-16,18,20H,7,10-14H2,1-3H3/p+1/t16-,18+,21?/m1/s1. The lowest BCUT2D eigenvalue weighted by Gasteiger charge is -2.33. The Morgan fingerprint density at radius 2 is 1.91 bits per heavy atom. The lowest BCUT2D eigenvalue weighted by atomic mass is 10.0. The van der Waals surface area contributed by atoms with Crippen LogP contribution in [0.1, 0.15) is 51.6 Å². The highest BCUT2D eigenvalue weighted by Crippen LogP contribution is 2.23. The number of carboxylic acid groups (broad SMARTS) is 1. The molecule has 0 saturated carbocycles. The molecule has 128 valence electrons. The molecule has 1 amide bonds. The van der Waals surface area contributed by atoms with E-state index >= 15 is 0 Å². The van der Waals surface area contributed by atoms with Crippen LogP contribution in [-0.2, 0) is 0 Å². The van der Waals surface area contributed by atoms with E-state index in [1.165, 1.54) is 5.56 Å². The highest BCUT2D eigenvalue weighted by Gasteiger charge is 2.39. The van der Waals surface area contributed by atoms with Crippen molar-refractivity contribution in [2.75, 3.05) is 19.6 Å². The van der Waals surface area contributed by atoms with E-state index in [-0.39, 0.29) is 4.48 Å². The zero-order valence-electron chi connectivity index (χ0n) is 14.7. The molecule has 1 heterocycles. The van der Waals surface area contributed by atoms with Gasteiger partial charge in [-0.2, -0.15) is 4.79 Å². The molecule has 2 rings (SSSR count). The first-order valence-electron chi connectivity index (χ1n) is 8.83. The van der Waals surface area contributed by atoms with Gasteiger partial charge in [0.2, 0.25) is 0 Å². The second-order valence-corrected chi connectivity index (χ2v) is 7.38. The first-order valence-corrected chi connectivity index (χ1v) is 8.83. The lowest BCUT2D eigenvalue weighted by Crippen LogP contribution is -2.55. The van der Waals surface area contributed by atoms with Gasteiger partial charge >= 0.3 is 6.09 Å². The molecule has 1 aromatic rings. The van der Waals surface area contributed by atoms with Crippen molar-refractivity contribution in [1.29, 1.82) is 0 Å². The van der Waals surface area contributed by atoms with Gasteiger partial charge in [-0.05, 0) is 25.3 Å². The summed E-state index contributed by atoms with van der Waals surface area (Å²) in [5.41, 5.74) is 1.29. The maximum absolute atomic E-state index is 11.9. The van der Waals surface area contributed by atoms with Crippen LogP contribution >= 0.6 is 0 Å². The predicted octanol–water partition coefficient (Wildman–Crippen LogP) is 4.04. The zero-order valence-corrected chi connectivity index (χ0v) is 14.7. The number of nitrogens with one attached hydrogen (secondary N) is 1. The van der Waals surface area contributed by atoms with Crippen molar-refractivity contribution in [1.82, 2.24) is 5.32 Å². The molecule has 1 unspecified atom stereocenters. The summed E-state index contributed by atoms with van der Waals surface area (Å²) in [4.78, 5) is 11.9. The maximum atomic E-state index is 11.9. The summed E-state index contributed by atoms with van der Waals surface area (Å²) in [5, 5.41) is 13.5. The van der Waals surface area contributed by atoms with E-state index in [0.717, 1.165) is 38.9 Å². The molecule has 1 aromatic carbocycles. The Bertz CT molecular complexity index is 503. The maximum Gasteiger partial charge on any atom is 0.513 e. The molecule has 2 N–H and O–H groups in total. The number of amides is 1. The highest BCUT2D eigenvalue weighted by molar-refractivity contribution is 5.56. The van der Waals surface area contributed by atoms with Gasteiger partial charge in [-0.15, -0.1) is 0 Å². The van der Waals surface area contributed by atoms with Crippen LogP contribution in [0.15, 0.2) is 30.3 Å². The van der Waals surface area contributed by atoms with Gasteiger partial charge in [0.15, 0.2) is 0 Å². The lowest BCUT2D eigenvalue weighted by molar-refractivity contribution is -0.859. The molecular formula is C19H31N2O2+. The summed E-state index contributed by atoms with van der Waals surface area (Å²) in [5.74, 6) is 0.402. The first-order chi connectivity index (χ1) is 10.9. The van der Waals surface area contributed by atoms with Crippen LogP contribution < -0.4 is 5.32 Å². The van der Waals surface area contributed by atoms with Gasteiger partial charge in [-0.3, -0.25) is 0 Å². The van der Waals surface area contributed by atoms with Crippen LogP contribution in [0.25, 0.3) is 0 Å². The van der Waals surface area contributed by atoms with Crippen molar-refractivity contribution in [2.45, 2.75) is 52.1 Å². The number of quaternary nitrogens is 1. The molecule has 0 bridgehead atoms. The van der Waals surface area contributed by atoms with Gasteiger partial charge < -0.3 is 10.4 Å². The largest absolute Gasteiger partial charge is 0.513 e. The Hall–Kier alpha value is -1.39. The second kappa shape index (κ2) is 7.93. The first kappa shape index (κ1) is 18.0. The summed E-state index contributed by atoms with van der Waals surface area (Å²) in [6, 6.07) is 11.2. The van der Waals surface area contributed by atoms with Crippen LogP contribution in [0.3, 0.4) is 0 Å². The van der Waals surface area contributed by atoms with E-state index in [2.05, 4.69) is 50.4 Å². The fourth-order valence-electron chi connectivity index (χ4n) is 3.81. The highest BCUT2D eigenvalue weighted by atomic mass is 16.4. The van der Waals surface area contributed by atoms with Crippen LogP contribution in [0.4, 0.5) is 4.79 Å². The fraction of sp³-hybridized carbons (Fsp3) is 0.632. The summed E-state index contributed by atoms with van der Waals surface area (Å²) >= 11 is 0. The molecule has 0 spiro atoms. The normalized spacial score (nSPS) is 26.7. The van der Waals surface area contributed by atoms with E-state index in [4.69, 9.17) is 0 Å². The smallest absolute Gasteiger partial charge is 0.435 e. The fourth-order valence-corrected chi connectivity index (χ4v) is 3.81. The molecule has 0 radical (unpaired) electrons. The summed E-state index contributed by atoms with van der Waals surface area (Å²) in [6.45, 7) is 8.63. The van der Waals surface area contributed by atoms with Gasteiger partial charge in [-0.1, -0.05) is 44.2 Å². The van der Waals surface area contributed by atoms with E-state index in [1.54, 1.807) is 0 Å². The molecule has 23 heavy (non-hydrogen) atoms. The molecular weight excluding hydrogens is 288 g/mol. The minimum atomic E-state index is -0.657. The molecule has 1 saturated heterocycles. The number of rotatable bonds is 5. The van der Waals surface area contributed by atoms with Gasteiger partial charge in [-0.25, -0.2) is 4.48 Å². The zero-order chi connectivity index (χ0) is 16.9. The summed E-state index contributed by atoms with van der Waals surface area (Å²) in [7, 11) is 0. The summed E-state index contributed by atoms with van der Waals surface area (Å²) in [6.07, 6.45) is 2.30. The number of likely N-dealkylation sites (tertiary alicyclic amines) is 1. The van der Waals surface area contributed by atoms with E-state index in [9.17, 15) is 9.90 Å². The Morgan fingerprint density at radius 1 is 1.22 bits per heavy atom. The Kier molecular flexibility index (Phi) is 6.19. The van der Waals surface area contributed by atoms with Crippen molar-refractivity contribution in [3.8, 4) is 0 Å². The Balaban J connectivity index is 1.99. The predicted molar refractivity (Wildman–Crippen MR) is 93.4 cm³/mol. The number of hydrogen-bond donors (Lipinski definition) is 2. The number of hydrogen-bond acceptors (Lipinski definition) is 2. The monoisotopic (exact) mass is 319 g/mol. The van der Waals surface area contributed by atoms with Crippen LogP contribution in [0.2, 0.25) is 0 Å². The van der Waals surface area contributed by atoms with Gasteiger partial charge in [0.05, 0.1) is 19.6 Å². The van der Waals surface area contributed by atoms with E-state index < -0.39 is 6.09 Å². The Morgan fingerprint density at radius 3 is 2.52 bits per heavy atom. The third-order valence-electron chi connectivity index (χ3n) is 4.95. The molecule has 1 aliphatic heterocycles. The molecule has 0 aliphatic carbocycles. The van der Waals surface area contributed by atoms with Crippen molar-refractivity contribution in [3.05, 3.63) is 35.9 Å². The molecule has 4 heteroatoms. The van der Waals surface area contributed by atoms with Gasteiger partial charge in [0.25, 0.3) is 0 Å². The third-order valence-corrected chi connectivity index (χ3v) is 4.95. The minimum Gasteiger partial charge on any atom is -0.435 e. The number of benzene rings is 1. The summed E-state index contributed by atoms with van der Waals surface area (Å²) < 4.78 is 0.232. The average molecular weight is 319 g/mol. The third kappa shape index (κ3) is 4.79. The molecule has 0 aromatic heterocycles. The van der Waals surface area contributed by atoms with Crippen LogP contribution in [-0.4, -0.2) is 41.4 Å².